The molecule has 2 heterocycles. The Balaban J connectivity index is 1.51. The molecule has 25 heavy (non-hydrogen) atoms. The van der Waals surface area contributed by atoms with Crippen LogP contribution in [0.25, 0.3) is 5.69 Å². The van der Waals surface area contributed by atoms with Gasteiger partial charge in [0.15, 0.2) is 0 Å². The molecular weight excluding hydrogens is 328 g/mol. The maximum absolute atomic E-state index is 12.9. The molecular formula is C16H14BFN3O4-. The Morgan fingerprint density at radius 3 is 2.80 bits per heavy atom. The predicted molar refractivity (Wildman–Crippen MR) is 86.7 cm³/mol. The molecule has 7 nitrogen and oxygen atoms in total. The summed E-state index contributed by atoms with van der Waals surface area (Å²) in [5.74, 6) is 0.197. The summed E-state index contributed by atoms with van der Waals surface area (Å²) in [5.41, 5.74) is 2.27. The van der Waals surface area contributed by atoms with Gasteiger partial charge in [-0.25, -0.2) is 9.07 Å². The van der Waals surface area contributed by atoms with Crippen molar-refractivity contribution in [2.45, 2.75) is 13.2 Å². The van der Waals surface area contributed by atoms with E-state index in [9.17, 15) is 14.4 Å². The normalized spacial score (nSPS) is 15.2. The topological polar surface area (TPSA) is 89.6 Å². The summed E-state index contributed by atoms with van der Waals surface area (Å²) in [6.07, 6.45) is 1.67. The van der Waals surface area contributed by atoms with Gasteiger partial charge in [0.2, 0.25) is 0 Å². The van der Waals surface area contributed by atoms with Crippen LogP contribution >= 0.6 is 0 Å². The minimum atomic E-state index is -2.97. The van der Waals surface area contributed by atoms with Crippen LogP contribution in [-0.4, -0.2) is 31.8 Å². The Morgan fingerprint density at radius 2 is 2.00 bits per heavy atom. The van der Waals surface area contributed by atoms with Gasteiger partial charge in [0.1, 0.15) is 23.9 Å². The lowest BCUT2D eigenvalue weighted by Crippen LogP contribution is -2.47. The molecule has 0 fully saturated rings. The quantitative estimate of drug-likeness (QED) is 0.677. The Bertz CT molecular complexity index is 914. The molecule has 2 N–H and O–H groups in total. The molecule has 128 valence electrons. The van der Waals surface area contributed by atoms with Crippen molar-refractivity contribution >= 4 is 12.2 Å². The number of hydrogen-bond donors (Lipinski definition) is 2. The second-order valence-electron chi connectivity index (χ2n) is 5.79. The van der Waals surface area contributed by atoms with E-state index in [1.54, 1.807) is 24.4 Å². The second-order valence-corrected chi connectivity index (χ2v) is 5.79. The standard InChI is InChI=1S/C16H14BFN3O4/c18-12-2-5-15(6-3-12)24-10-13-8-21(20-19-13)14-4-1-11-9-25-17(22,23)16(11)7-14/h1-8,22-23H,9-10H2/q-1. The summed E-state index contributed by atoms with van der Waals surface area (Å²) in [6, 6.07) is 10.9. The lowest BCUT2D eigenvalue weighted by Gasteiger charge is -2.22. The third-order valence-corrected chi connectivity index (χ3v) is 4.01. The molecule has 0 aliphatic carbocycles. The van der Waals surface area contributed by atoms with Crippen molar-refractivity contribution in [3.05, 3.63) is 65.7 Å². The maximum Gasteiger partial charge on any atom is 0.405 e. The number of nitrogens with zero attached hydrogens (tertiary/aromatic N) is 3. The van der Waals surface area contributed by atoms with E-state index in [0.717, 1.165) is 5.56 Å². The minimum absolute atomic E-state index is 0.163. The molecule has 0 atom stereocenters. The first-order valence-corrected chi connectivity index (χ1v) is 7.67. The SMILES string of the molecule is O[B-]1(O)OCc2ccc(-n3cc(COc4ccc(F)cc4)nn3)cc21. The van der Waals surface area contributed by atoms with Crippen molar-refractivity contribution in [1.82, 2.24) is 15.0 Å². The van der Waals surface area contributed by atoms with Gasteiger partial charge >= 0.3 is 6.75 Å². The van der Waals surface area contributed by atoms with Crippen LogP contribution in [0.15, 0.2) is 48.7 Å². The number of hydrogen-bond acceptors (Lipinski definition) is 6. The highest BCUT2D eigenvalue weighted by molar-refractivity contribution is 6.74. The highest BCUT2D eigenvalue weighted by Gasteiger charge is 2.31. The first kappa shape index (κ1) is 15.8. The van der Waals surface area contributed by atoms with Crippen LogP contribution in [-0.2, 0) is 17.9 Å². The van der Waals surface area contributed by atoms with E-state index in [1.807, 2.05) is 0 Å². The van der Waals surface area contributed by atoms with Gasteiger partial charge in [0.25, 0.3) is 0 Å². The average Bonchev–Trinajstić information content (AvgIpc) is 3.19. The Kier molecular flexibility index (Phi) is 3.76. The Hall–Kier alpha value is -2.75. The van der Waals surface area contributed by atoms with E-state index in [4.69, 9.17) is 9.39 Å². The molecule has 3 aromatic rings. The van der Waals surface area contributed by atoms with Crippen LogP contribution in [0.4, 0.5) is 4.39 Å². The van der Waals surface area contributed by atoms with Gasteiger partial charge in [0, 0.05) is 6.61 Å². The van der Waals surface area contributed by atoms with Crippen molar-refractivity contribution < 1.29 is 23.8 Å². The summed E-state index contributed by atoms with van der Waals surface area (Å²) in [7, 11) is 0. The van der Waals surface area contributed by atoms with E-state index in [0.29, 0.717) is 22.6 Å². The van der Waals surface area contributed by atoms with Crippen LogP contribution < -0.4 is 10.2 Å². The number of ether oxygens (including phenoxy) is 1. The van der Waals surface area contributed by atoms with Gasteiger partial charge < -0.3 is 19.4 Å². The van der Waals surface area contributed by atoms with Crippen molar-refractivity contribution in [1.29, 1.82) is 0 Å². The van der Waals surface area contributed by atoms with Crippen LogP contribution in [0, 0.1) is 5.82 Å². The van der Waals surface area contributed by atoms with Gasteiger partial charge in [-0.2, -0.15) is 0 Å². The van der Waals surface area contributed by atoms with Crippen LogP contribution in [0.2, 0.25) is 0 Å². The largest absolute Gasteiger partial charge is 0.556 e. The molecule has 0 saturated carbocycles. The third kappa shape index (κ3) is 3.12. The van der Waals surface area contributed by atoms with Crippen LogP contribution in [0.3, 0.4) is 0 Å². The van der Waals surface area contributed by atoms with Gasteiger partial charge in [-0.15, -0.1) is 10.6 Å². The Labute approximate surface area is 142 Å². The van der Waals surface area contributed by atoms with E-state index < -0.39 is 6.75 Å². The molecule has 0 bridgehead atoms. The zero-order valence-electron chi connectivity index (χ0n) is 13.0. The summed E-state index contributed by atoms with van der Waals surface area (Å²) in [4.78, 5) is 0. The van der Waals surface area contributed by atoms with E-state index in [1.165, 1.54) is 28.9 Å². The molecule has 0 saturated heterocycles. The zero-order valence-corrected chi connectivity index (χ0v) is 13.0. The summed E-state index contributed by atoms with van der Waals surface area (Å²) in [6.45, 7) is -2.63. The minimum Gasteiger partial charge on any atom is -0.556 e. The van der Waals surface area contributed by atoms with Gasteiger partial charge in [-0.3, -0.25) is 0 Å². The lowest BCUT2D eigenvalue weighted by atomic mass is 9.70. The van der Waals surface area contributed by atoms with Crippen LogP contribution in [0.5, 0.6) is 5.75 Å². The molecule has 0 amide bonds. The Morgan fingerprint density at radius 1 is 1.20 bits per heavy atom. The third-order valence-electron chi connectivity index (χ3n) is 4.01. The molecule has 9 heteroatoms. The van der Waals surface area contributed by atoms with Gasteiger partial charge in [-0.1, -0.05) is 22.9 Å². The lowest BCUT2D eigenvalue weighted by molar-refractivity contribution is 0.169. The van der Waals surface area contributed by atoms with Crippen molar-refractivity contribution in [3.8, 4) is 11.4 Å². The number of aromatic nitrogens is 3. The fourth-order valence-electron chi connectivity index (χ4n) is 2.68. The van der Waals surface area contributed by atoms with Gasteiger partial charge in [-0.05, 0) is 30.3 Å². The predicted octanol–water partition coefficient (Wildman–Crippen LogP) is 0.646. The molecule has 0 spiro atoms. The molecule has 1 aliphatic heterocycles. The molecule has 1 aromatic heterocycles. The van der Waals surface area contributed by atoms with Crippen LogP contribution in [0.1, 0.15) is 11.3 Å². The first-order valence-electron chi connectivity index (χ1n) is 7.67. The van der Waals surface area contributed by atoms with Crippen molar-refractivity contribution in [2.75, 3.05) is 0 Å². The van der Waals surface area contributed by atoms with Crippen molar-refractivity contribution in [2.24, 2.45) is 0 Å². The fraction of sp³-hybridized carbons (Fsp3) is 0.125. The molecule has 4 rings (SSSR count). The number of rotatable bonds is 4. The average molecular weight is 342 g/mol. The molecule has 0 unspecified atom stereocenters. The van der Waals surface area contributed by atoms with Gasteiger partial charge in [0.05, 0.1) is 11.9 Å². The fourth-order valence-corrected chi connectivity index (χ4v) is 2.68. The van der Waals surface area contributed by atoms with Crippen molar-refractivity contribution in [3.63, 3.8) is 0 Å². The maximum atomic E-state index is 12.9. The summed E-state index contributed by atoms with van der Waals surface area (Å²) >= 11 is 0. The molecule has 2 aromatic carbocycles. The van der Waals surface area contributed by atoms with E-state index in [-0.39, 0.29) is 19.0 Å². The number of fused-ring (bicyclic) bond motifs is 1. The smallest absolute Gasteiger partial charge is 0.405 e. The highest BCUT2D eigenvalue weighted by atomic mass is 19.1. The number of halogens is 1. The highest BCUT2D eigenvalue weighted by Crippen LogP contribution is 2.18. The summed E-state index contributed by atoms with van der Waals surface area (Å²) in [5, 5.41) is 27.7. The first-order chi connectivity index (χ1) is 12.0. The summed E-state index contributed by atoms with van der Waals surface area (Å²) < 4.78 is 24.9. The molecule has 0 radical (unpaired) electrons. The van der Waals surface area contributed by atoms with E-state index >= 15 is 0 Å². The van der Waals surface area contributed by atoms with E-state index in [2.05, 4.69) is 10.3 Å². The zero-order chi connectivity index (χ0) is 17.4. The second kappa shape index (κ2) is 5.96. The number of benzene rings is 2. The monoisotopic (exact) mass is 342 g/mol. The molecule has 1 aliphatic rings.